The highest BCUT2D eigenvalue weighted by molar-refractivity contribution is 5.92. The standard InChI is InChI=1S/C19H21N5O2/c1-14-18-22-17(19(25)21-11-15-5-2-3-7-20-15)13-24(18)9-8-23(14)12-16-6-4-10-26-16/h2-7,10,13-14H,8-9,11-12H2,1H3,(H,21,25). The minimum atomic E-state index is -0.178. The molecule has 0 saturated heterocycles. The van der Waals surface area contributed by atoms with E-state index in [0.717, 1.165) is 36.9 Å². The quantitative estimate of drug-likeness (QED) is 0.764. The third-order valence-electron chi connectivity index (χ3n) is 4.68. The number of aromatic nitrogens is 3. The molecule has 3 aromatic heterocycles. The first kappa shape index (κ1) is 16.5. The first-order valence-electron chi connectivity index (χ1n) is 8.72. The van der Waals surface area contributed by atoms with Gasteiger partial charge in [0.15, 0.2) is 0 Å². The molecule has 7 nitrogen and oxygen atoms in total. The van der Waals surface area contributed by atoms with Gasteiger partial charge in [-0.1, -0.05) is 6.07 Å². The molecule has 26 heavy (non-hydrogen) atoms. The van der Waals surface area contributed by atoms with Gasteiger partial charge in [-0.15, -0.1) is 0 Å². The maximum Gasteiger partial charge on any atom is 0.271 e. The van der Waals surface area contributed by atoms with Gasteiger partial charge in [-0.3, -0.25) is 14.7 Å². The summed E-state index contributed by atoms with van der Waals surface area (Å²) in [6.07, 6.45) is 5.24. The molecule has 1 unspecified atom stereocenters. The van der Waals surface area contributed by atoms with Gasteiger partial charge in [-0.2, -0.15) is 0 Å². The molecule has 1 atom stereocenters. The van der Waals surface area contributed by atoms with Crippen LogP contribution in [-0.4, -0.2) is 31.9 Å². The lowest BCUT2D eigenvalue weighted by Gasteiger charge is -2.32. The number of hydrogen-bond acceptors (Lipinski definition) is 5. The fraction of sp³-hybridized carbons (Fsp3) is 0.316. The van der Waals surface area contributed by atoms with Gasteiger partial charge in [0.05, 0.1) is 31.1 Å². The Kier molecular flexibility index (Phi) is 4.53. The van der Waals surface area contributed by atoms with Crippen molar-refractivity contribution in [3.63, 3.8) is 0 Å². The number of nitrogens with zero attached hydrogens (tertiary/aromatic N) is 4. The van der Waals surface area contributed by atoms with Crippen LogP contribution in [0.25, 0.3) is 0 Å². The molecule has 1 aliphatic heterocycles. The third kappa shape index (κ3) is 3.39. The number of carbonyl (C=O) groups is 1. The monoisotopic (exact) mass is 351 g/mol. The number of pyridine rings is 1. The normalized spacial score (nSPS) is 17.0. The van der Waals surface area contributed by atoms with Crippen LogP contribution in [0.5, 0.6) is 0 Å². The van der Waals surface area contributed by atoms with Crippen molar-refractivity contribution < 1.29 is 9.21 Å². The number of nitrogens with one attached hydrogen (secondary N) is 1. The largest absolute Gasteiger partial charge is 0.468 e. The average molecular weight is 351 g/mol. The summed E-state index contributed by atoms with van der Waals surface area (Å²) >= 11 is 0. The van der Waals surface area contributed by atoms with Crippen LogP contribution in [0.2, 0.25) is 0 Å². The number of carbonyl (C=O) groups excluding carboxylic acids is 1. The Morgan fingerprint density at radius 3 is 3.00 bits per heavy atom. The summed E-state index contributed by atoms with van der Waals surface area (Å²) in [5.74, 6) is 1.67. The van der Waals surface area contributed by atoms with Crippen LogP contribution in [0.3, 0.4) is 0 Å². The summed E-state index contributed by atoms with van der Waals surface area (Å²) in [6, 6.07) is 9.63. The summed E-state index contributed by atoms with van der Waals surface area (Å²) in [7, 11) is 0. The predicted octanol–water partition coefficient (Wildman–Crippen LogP) is 2.38. The zero-order valence-electron chi connectivity index (χ0n) is 14.6. The van der Waals surface area contributed by atoms with Crippen LogP contribution < -0.4 is 5.32 Å². The molecule has 3 aromatic rings. The summed E-state index contributed by atoms with van der Waals surface area (Å²) < 4.78 is 7.52. The number of amides is 1. The molecule has 0 bridgehead atoms. The van der Waals surface area contributed by atoms with E-state index in [1.54, 1.807) is 12.5 Å². The van der Waals surface area contributed by atoms with Crippen molar-refractivity contribution in [2.75, 3.05) is 6.54 Å². The molecule has 0 spiro atoms. The molecule has 0 fully saturated rings. The van der Waals surface area contributed by atoms with E-state index in [-0.39, 0.29) is 11.9 Å². The van der Waals surface area contributed by atoms with Crippen molar-refractivity contribution in [3.8, 4) is 0 Å². The van der Waals surface area contributed by atoms with Crippen molar-refractivity contribution in [1.29, 1.82) is 0 Å². The third-order valence-corrected chi connectivity index (χ3v) is 4.68. The highest BCUT2D eigenvalue weighted by Gasteiger charge is 2.28. The van der Waals surface area contributed by atoms with Gasteiger partial charge in [0, 0.05) is 25.5 Å². The molecular weight excluding hydrogens is 330 g/mol. The lowest BCUT2D eigenvalue weighted by atomic mass is 10.2. The molecule has 0 aliphatic carbocycles. The summed E-state index contributed by atoms with van der Waals surface area (Å²) in [6.45, 7) is 4.93. The van der Waals surface area contributed by atoms with Crippen LogP contribution in [0.4, 0.5) is 0 Å². The SMILES string of the molecule is CC1c2nc(C(=O)NCc3ccccn3)cn2CCN1Cc1ccco1. The number of hydrogen-bond donors (Lipinski definition) is 1. The lowest BCUT2D eigenvalue weighted by molar-refractivity contribution is 0.0945. The van der Waals surface area contributed by atoms with Crippen molar-refractivity contribution >= 4 is 5.91 Å². The number of furan rings is 1. The van der Waals surface area contributed by atoms with Gasteiger partial charge in [0.1, 0.15) is 17.3 Å². The Morgan fingerprint density at radius 1 is 1.31 bits per heavy atom. The van der Waals surface area contributed by atoms with E-state index >= 15 is 0 Å². The average Bonchev–Trinajstić information content (AvgIpc) is 3.33. The van der Waals surface area contributed by atoms with Crippen molar-refractivity contribution in [2.45, 2.75) is 32.6 Å². The van der Waals surface area contributed by atoms with Crippen LogP contribution in [0.15, 0.2) is 53.4 Å². The Labute approximate surface area is 151 Å². The zero-order valence-corrected chi connectivity index (χ0v) is 14.6. The van der Waals surface area contributed by atoms with Gasteiger partial charge in [-0.25, -0.2) is 4.98 Å². The molecule has 1 aliphatic rings. The van der Waals surface area contributed by atoms with Crippen molar-refractivity contribution in [1.82, 2.24) is 24.8 Å². The number of fused-ring (bicyclic) bond motifs is 1. The number of imidazole rings is 1. The van der Waals surface area contributed by atoms with E-state index < -0.39 is 0 Å². The van der Waals surface area contributed by atoms with Gasteiger partial charge < -0.3 is 14.3 Å². The van der Waals surface area contributed by atoms with Gasteiger partial charge >= 0.3 is 0 Å². The molecule has 4 rings (SSSR count). The second kappa shape index (κ2) is 7.13. The Bertz CT molecular complexity index is 873. The number of rotatable bonds is 5. The molecule has 7 heteroatoms. The molecular formula is C19H21N5O2. The first-order valence-corrected chi connectivity index (χ1v) is 8.72. The van der Waals surface area contributed by atoms with Gasteiger partial charge in [0.2, 0.25) is 0 Å². The highest BCUT2D eigenvalue weighted by atomic mass is 16.3. The van der Waals surface area contributed by atoms with E-state index in [1.807, 2.05) is 36.5 Å². The Hall–Kier alpha value is -2.93. The van der Waals surface area contributed by atoms with E-state index in [9.17, 15) is 4.79 Å². The van der Waals surface area contributed by atoms with Crippen LogP contribution in [0.1, 0.15) is 40.7 Å². The van der Waals surface area contributed by atoms with Crippen molar-refractivity contribution in [3.05, 3.63) is 72.0 Å². The Morgan fingerprint density at radius 2 is 2.23 bits per heavy atom. The molecule has 0 radical (unpaired) electrons. The lowest BCUT2D eigenvalue weighted by Crippen LogP contribution is -2.36. The molecule has 1 N–H and O–H groups in total. The second-order valence-electron chi connectivity index (χ2n) is 6.41. The smallest absolute Gasteiger partial charge is 0.271 e. The zero-order chi connectivity index (χ0) is 17.9. The van der Waals surface area contributed by atoms with Gasteiger partial charge in [-0.05, 0) is 31.2 Å². The van der Waals surface area contributed by atoms with E-state index in [4.69, 9.17) is 4.42 Å². The summed E-state index contributed by atoms with van der Waals surface area (Å²) in [5.41, 5.74) is 1.27. The Balaban J connectivity index is 1.43. The molecule has 0 saturated carbocycles. The van der Waals surface area contributed by atoms with Crippen molar-refractivity contribution in [2.24, 2.45) is 0 Å². The maximum atomic E-state index is 12.4. The van der Waals surface area contributed by atoms with Crippen LogP contribution in [0, 0.1) is 0 Å². The topological polar surface area (TPSA) is 76.2 Å². The minimum Gasteiger partial charge on any atom is -0.468 e. The second-order valence-corrected chi connectivity index (χ2v) is 6.41. The maximum absolute atomic E-state index is 12.4. The van der Waals surface area contributed by atoms with Crippen LogP contribution >= 0.6 is 0 Å². The molecule has 4 heterocycles. The predicted molar refractivity (Wildman–Crippen MR) is 95.2 cm³/mol. The summed E-state index contributed by atoms with van der Waals surface area (Å²) in [5, 5.41) is 2.88. The van der Waals surface area contributed by atoms with Crippen LogP contribution in [-0.2, 0) is 19.6 Å². The summed E-state index contributed by atoms with van der Waals surface area (Å²) in [4.78, 5) is 23.5. The fourth-order valence-electron chi connectivity index (χ4n) is 3.23. The van der Waals surface area contributed by atoms with E-state index in [1.165, 1.54) is 0 Å². The van der Waals surface area contributed by atoms with E-state index in [2.05, 4.69) is 31.7 Å². The molecule has 1 amide bonds. The van der Waals surface area contributed by atoms with Gasteiger partial charge in [0.25, 0.3) is 5.91 Å². The minimum absolute atomic E-state index is 0.117. The molecule has 134 valence electrons. The fourth-order valence-corrected chi connectivity index (χ4v) is 3.23. The van der Waals surface area contributed by atoms with E-state index in [0.29, 0.717) is 12.2 Å². The molecule has 0 aromatic carbocycles. The highest BCUT2D eigenvalue weighted by Crippen LogP contribution is 2.26. The first-order chi connectivity index (χ1) is 12.7.